The Morgan fingerprint density at radius 1 is 1.27 bits per heavy atom. The van der Waals surface area contributed by atoms with Crippen LogP contribution >= 0.6 is 23.1 Å². The van der Waals surface area contributed by atoms with Crippen LogP contribution in [0.2, 0.25) is 0 Å². The molecule has 1 aliphatic heterocycles. The first kappa shape index (κ1) is 23.3. The van der Waals surface area contributed by atoms with E-state index in [9.17, 15) is 14.4 Å². The van der Waals surface area contributed by atoms with E-state index in [1.165, 1.54) is 26.0 Å². The molecule has 11 heteroatoms. The zero-order chi connectivity index (χ0) is 23.5. The van der Waals surface area contributed by atoms with Gasteiger partial charge in [0, 0.05) is 17.9 Å². The van der Waals surface area contributed by atoms with E-state index in [2.05, 4.69) is 0 Å². The number of nitrogens with zero attached hydrogens (tertiary/aromatic N) is 2. The second kappa shape index (κ2) is 9.94. The number of para-hydroxylation sites is 1. The van der Waals surface area contributed by atoms with Gasteiger partial charge in [0.15, 0.2) is 5.16 Å². The fraction of sp³-hybridized carbons (Fsp3) is 0.364. The molecule has 2 aromatic heterocycles. The Labute approximate surface area is 197 Å². The van der Waals surface area contributed by atoms with Crippen molar-refractivity contribution in [2.24, 2.45) is 0 Å². The van der Waals surface area contributed by atoms with Crippen LogP contribution in [0.5, 0.6) is 0 Å². The zero-order valence-electron chi connectivity index (χ0n) is 18.2. The van der Waals surface area contributed by atoms with Gasteiger partial charge in [0.2, 0.25) is 0 Å². The molecule has 0 radical (unpaired) electrons. The molecule has 1 aromatic carbocycles. The van der Waals surface area contributed by atoms with Crippen molar-refractivity contribution < 1.29 is 23.8 Å². The third kappa shape index (κ3) is 4.61. The molecule has 174 valence electrons. The van der Waals surface area contributed by atoms with Crippen LogP contribution in [0, 0.1) is 0 Å². The Balaban J connectivity index is 1.76. The number of esters is 2. The average Bonchev–Trinajstić information content (AvgIpc) is 3.46. The number of thiophene rings is 1. The molecule has 1 saturated heterocycles. The minimum absolute atomic E-state index is 0.0712. The Morgan fingerprint density at radius 3 is 2.73 bits per heavy atom. The number of hydrogen-bond donors (Lipinski definition) is 1. The predicted octanol–water partition coefficient (Wildman–Crippen LogP) is 3.08. The van der Waals surface area contributed by atoms with Crippen LogP contribution in [0.25, 0.3) is 10.9 Å². The summed E-state index contributed by atoms with van der Waals surface area (Å²) in [6, 6.07) is 7.14. The maximum absolute atomic E-state index is 13.3. The minimum Gasteiger partial charge on any atom is -0.465 e. The van der Waals surface area contributed by atoms with Gasteiger partial charge in [-0.05, 0) is 25.0 Å². The number of methoxy groups -OCH3 is 2. The lowest BCUT2D eigenvalue weighted by molar-refractivity contribution is 0.0601. The van der Waals surface area contributed by atoms with Gasteiger partial charge in [-0.15, -0.1) is 11.3 Å². The molecule has 33 heavy (non-hydrogen) atoms. The normalized spacial score (nSPS) is 15.6. The Kier molecular flexibility index (Phi) is 7.01. The monoisotopic (exact) mass is 489 g/mol. The minimum atomic E-state index is -0.641. The number of carbonyl (C=O) groups is 2. The summed E-state index contributed by atoms with van der Waals surface area (Å²) in [5.74, 6) is -1.07. The first-order valence-electron chi connectivity index (χ1n) is 10.3. The molecule has 0 aliphatic carbocycles. The van der Waals surface area contributed by atoms with Gasteiger partial charge in [0.05, 0.1) is 43.3 Å². The lowest BCUT2D eigenvalue weighted by Gasteiger charge is -2.16. The highest BCUT2D eigenvalue weighted by molar-refractivity contribution is 7.98. The average molecular weight is 490 g/mol. The van der Waals surface area contributed by atoms with E-state index in [1.54, 1.807) is 22.8 Å². The van der Waals surface area contributed by atoms with Crippen LogP contribution in [0.1, 0.15) is 38.4 Å². The molecule has 4 rings (SSSR count). The van der Waals surface area contributed by atoms with Crippen molar-refractivity contribution >= 4 is 50.9 Å². The maximum Gasteiger partial charge on any atom is 0.348 e. The second-order valence-corrected chi connectivity index (χ2v) is 9.38. The standard InChI is InChI=1S/C22H23N3O6S2/c1-29-20(27)16-14(17(21(28)30-2)33-18(16)23)11-32-22-24-15-8-4-3-7-13(15)19(26)25(22)10-12-6-5-9-31-12/h3-4,7-8,12H,5-6,9-11,23H2,1-2H3. The molecule has 0 spiro atoms. The van der Waals surface area contributed by atoms with E-state index in [-0.39, 0.29) is 32.9 Å². The molecule has 3 heterocycles. The predicted molar refractivity (Wildman–Crippen MR) is 126 cm³/mol. The van der Waals surface area contributed by atoms with Crippen molar-refractivity contribution in [1.29, 1.82) is 0 Å². The van der Waals surface area contributed by atoms with Crippen LogP contribution in [-0.2, 0) is 26.5 Å². The molecule has 0 amide bonds. The van der Waals surface area contributed by atoms with E-state index in [0.29, 0.717) is 34.8 Å². The SMILES string of the molecule is COC(=O)c1sc(N)c(C(=O)OC)c1CSc1nc2ccccc2c(=O)n1CC1CCCO1. The van der Waals surface area contributed by atoms with Gasteiger partial charge in [0.25, 0.3) is 5.56 Å². The van der Waals surface area contributed by atoms with Gasteiger partial charge in [0.1, 0.15) is 9.88 Å². The Bertz CT molecular complexity index is 1260. The highest BCUT2D eigenvalue weighted by Crippen LogP contribution is 2.36. The Hall–Kier alpha value is -2.89. The number of benzene rings is 1. The molecule has 1 fully saturated rings. The molecule has 0 saturated carbocycles. The van der Waals surface area contributed by atoms with Crippen molar-refractivity contribution in [3.8, 4) is 0 Å². The largest absolute Gasteiger partial charge is 0.465 e. The van der Waals surface area contributed by atoms with E-state index < -0.39 is 11.9 Å². The number of rotatable bonds is 7. The quantitative estimate of drug-likeness (QED) is 0.303. The number of fused-ring (bicyclic) bond motifs is 1. The third-order valence-corrected chi connectivity index (χ3v) is 7.42. The summed E-state index contributed by atoms with van der Waals surface area (Å²) in [6.45, 7) is 1.04. The lowest BCUT2D eigenvalue weighted by atomic mass is 10.1. The van der Waals surface area contributed by atoms with Gasteiger partial charge in [-0.25, -0.2) is 14.6 Å². The van der Waals surface area contributed by atoms with Gasteiger partial charge in [-0.3, -0.25) is 9.36 Å². The molecule has 1 aliphatic rings. The van der Waals surface area contributed by atoms with Crippen LogP contribution in [-0.4, -0.2) is 48.4 Å². The lowest BCUT2D eigenvalue weighted by Crippen LogP contribution is -2.28. The van der Waals surface area contributed by atoms with Gasteiger partial charge >= 0.3 is 11.9 Å². The molecular formula is C22H23N3O6S2. The summed E-state index contributed by atoms with van der Waals surface area (Å²) in [7, 11) is 2.51. The number of ether oxygens (including phenoxy) is 3. The molecule has 1 atom stereocenters. The Morgan fingerprint density at radius 2 is 2.03 bits per heavy atom. The topological polar surface area (TPSA) is 123 Å². The summed E-state index contributed by atoms with van der Waals surface area (Å²) < 4.78 is 17.1. The van der Waals surface area contributed by atoms with E-state index in [1.807, 2.05) is 6.07 Å². The van der Waals surface area contributed by atoms with Crippen LogP contribution < -0.4 is 11.3 Å². The van der Waals surface area contributed by atoms with Crippen LogP contribution in [0.15, 0.2) is 34.2 Å². The van der Waals surface area contributed by atoms with Crippen molar-refractivity contribution in [2.45, 2.75) is 36.4 Å². The summed E-state index contributed by atoms with van der Waals surface area (Å²) in [4.78, 5) is 42.9. The van der Waals surface area contributed by atoms with Crippen molar-refractivity contribution in [1.82, 2.24) is 9.55 Å². The molecule has 1 unspecified atom stereocenters. The number of anilines is 1. The highest BCUT2D eigenvalue weighted by Gasteiger charge is 2.28. The molecule has 0 bridgehead atoms. The third-order valence-electron chi connectivity index (χ3n) is 5.38. The smallest absolute Gasteiger partial charge is 0.348 e. The van der Waals surface area contributed by atoms with Crippen molar-refractivity contribution in [2.75, 3.05) is 26.6 Å². The van der Waals surface area contributed by atoms with Gasteiger partial charge < -0.3 is 19.9 Å². The number of carbonyl (C=O) groups excluding carboxylic acids is 2. The number of hydrogen-bond acceptors (Lipinski definition) is 10. The summed E-state index contributed by atoms with van der Waals surface area (Å²) in [5, 5.41) is 1.15. The van der Waals surface area contributed by atoms with Crippen molar-refractivity contribution in [3.63, 3.8) is 0 Å². The number of nitrogens with two attached hydrogens (primary N) is 1. The van der Waals surface area contributed by atoms with Gasteiger partial charge in [-0.1, -0.05) is 23.9 Å². The number of thioether (sulfide) groups is 1. The van der Waals surface area contributed by atoms with Crippen molar-refractivity contribution in [3.05, 3.63) is 50.6 Å². The number of nitrogen functional groups attached to an aromatic ring is 1. The molecular weight excluding hydrogens is 466 g/mol. The fourth-order valence-electron chi connectivity index (χ4n) is 3.75. The first-order valence-corrected chi connectivity index (χ1v) is 12.1. The molecule has 3 aromatic rings. The first-order chi connectivity index (χ1) is 15.9. The summed E-state index contributed by atoms with van der Waals surface area (Å²) in [5.41, 5.74) is 6.96. The van der Waals surface area contributed by atoms with Crippen LogP contribution in [0.3, 0.4) is 0 Å². The van der Waals surface area contributed by atoms with E-state index >= 15 is 0 Å². The zero-order valence-corrected chi connectivity index (χ0v) is 19.8. The highest BCUT2D eigenvalue weighted by atomic mass is 32.2. The molecule has 2 N–H and O–H groups in total. The van der Waals surface area contributed by atoms with Crippen LogP contribution in [0.4, 0.5) is 5.00 Å². The maximum atomic E-state index is 13.3. The molecule has 9 nitrogen and oxygen atoms in total. The number of aromatic nitrogens is 2. The summed E-state index contributed by atoms with van der Waals surface area (Å²) in [6.07, 6.45) is 1.74. The van der Waals surface area contributed by atoms with E-state index in [4.69, 9.17) is 24.9 Å². The summed E-state index contributed by atoms with van der Waals surface area (Å²) >= 11 is 2.21. The van der Waals surface area contributed by atoms with E-state index in [0.717, 1.165) is 24.2 Å². The second-order valence-electron chi connectivity index (χ2n) is 7.38. The fourth-order valence-corrected chi connectivity index (χ4v) is 5.88. The van der Waals surface area contributed by atoms with Gasteiger partial charge in [-0.2, -0.15) is 0 Å².